The van der Waals surface area contributed by atoms with Crippen LogP contribution in [-0.2, 0) is 30.1 Å². The standard InChI is InChI=1S/C23H25FN2O6S/c24-17-4-6-18(7-5-17)30-15-12-26-21-9-8-19(33(28,29)25-10-1-2-11-25)16-20(21)23(22(26)27)31-13-3-14-32-23/h4-9,16H,1-3,10-15H2. The lowest BCUT2D eigenvalue weighted by atomic mass is 10.1. The lowest BCUT2D eigenvalue weighted by molar-refractivity contribution is -0.256. The predicted octanol–water partition coefficient (Wildman–Crippen LogP) is 2.63. The van der Waals surface area contributed by atoms with Gasteiger partial charge in [-0.05, 0) is 61.7 Å². The first-order valence-electron chi connectivity index (χ1n) is 11.0. The highest BCUT2D eigenvalue weighted by atomic mass is 32.2. The van der Waals surface area contributed by atoms with Gasteiger partial charge in [-0.1, -0.05) is 0 Å². The van der Waals surface area contributed by atoms with Crippen molar-refractivity contribution in [1.29, 1.82) is 0 Å². The molecule has 2 aromatic carbocycles. The molecule has 0 aromatic heterocycles. The average Bonchev–Trinajstić information content (AvgIpc) is 3.45. The maximum absolute atomic E-state index is 13.5. The van der Waals surface area contributed by atoms with Crippen molar-refractivity contribution in [3.63, 3.8) is 0 Å². The van der Waals surface area contributed by atoms with Crippen molar-refractivity contribution in [2.45, 2.75) is 29.9 Å². The molecule has 8 nitrogen and oxygen atoms in total. The molecule has 2 saturated heterocycles. The van der Waals surface area contributed by atoms with Crippen molar-refractivity contribution < 1.29 is 31.8 Å². The highest BCUT2D eigenvalue weighted by Crippen LogP contribution is 2.46. The fourth-order valence-corrected chi connectivity index (χ4v) is 6.02. The number of benzene rings is 2. The molecule has 0 bridgehead atoms. The second-order valence-corrected chi connectivity index (χ2v) is 10.2. The predicted molar refractivity (Wildman–Crippen MR) is 117 cm³/mol. The third kappa shape index (κ3) is 3.90. The largest absolute Gasteiger partial charge is 0.492 e. The van der Waals surface area contributed by atoms with Gasteiger partial charge in [-0.15, -0.1) is 0 Å². The SMILES string of the molecule is O=C1N(CCOc2ccc(F)cc2)c2ccc(S(=O)(=O)N3CCCC3)cc2C12OCCCO2. The van der Waals surface area contributed by atoms with E-state index in [1.165, 1.54) is 45.6 Å². The molecule has 0 aliphatic carbocycles. The minimum Gasteiger partial charge on any atom is -0.492 e. The molecule has 2 aromatic rings. The van der Waals surface area contributed by atoms with Gasteiger partial charge in [-0.25, -0.2) is 12.8 Å². The van der Waals surface area contributed by atoms with Gasteiger partial charge in [0, 0.05) is 18.7 Å². The van der Waals surface area contributed by atoms with Crippen molar-refractivity contribution in [1.82, 2.24) is 4.31 Å². The summed E-state index contributed by atoms with van der Waals surface area (Å²) in [6, 6.07) is 10.3. The number of ether oxygens (including phenoxy) is 3. The molecule has 176 valence electrons. The number of amides is 1. The molecule has 0 unspecified atom stereocenters. The first-order valence-corrected chi connectivity index (χ1v) is 12.5. The van der Waals surface area contributed by atoms with Crippen molar-refractivity contribution in [3.8, 4) is 5.75 Å². The molecular formula is C23H25FN2O6S. The monoisotopic (exact) mass is 476 g/mol. The summed E-state index contributed by atoms with van der Waals surface area (Å²) in [6.45, 7) is 1.98. The summed E-state index contributed by atoms with van der Waals surface area (Å²) in [6.07, 6.45) is 2.31. The first-order chi connectivity index (χ1) is 15.9. The number of carbonyl (C=O) groups is 1. The van der Waals surface area contributed by atoms with Crippen molar-refractivity contribution in [2.24, 2.45) is 0 Å². The van der Waals surface area contributed by atoms with Crippen molar-refractivity contribution in [2.75, 3.05) is 44.4 Å². The Kier molecular flexibility index (Phi) is 5.86. The van der Waals surface area contributed by atoms with Crippen LogP contribution in [0.3, 0.4) is 0 Å². The number of rotatable bonds is 6. The number of anilines is 1. The van der Waals surface area contributed by atoms with E-state index in [1.54, 1.807) is 6.07 Å². The van der Waals surface area contributed by atoms with Gasteiger partial charge in [0.05, 0.1) is 30.3 Å². The summed E-state index contributed by atoms with van der Waals surface area (Å²) in [5.41, 5.74) is 0.930. The van der Waals surface area contributed by atoms with Crippen LogP contribution in [0.25, 0.3) is 0 Å². The van der Waals surface area contributed by atoms with Crippen LogP contribution < -0.4 is 9.64 Å². The Labute approximate surface area is 191 Å². The number of fused-ring (bicyclic) bond motifs is 2. The van der Waals surface area contributed by atoms with E-state index < -0.39 is 21.7 Å². The van der Waals surface area contributed by atoms with E-state index in [1.807, 2.05) is 0 Å². The van der Waals surface area contributed by atoms with Crippen LogP contribution in [0.5, 0.6) is 5.75 Å². The molecule has 1 spiro atoms. The van der Waals surface area contributed by atoms with Crippen LogP contribution in [0.15, 0.2) is 47.4 Å². The van der Waals surface area contributed by atoms with E-state index in [2.05, 4.69) is 0 Å². The maximum atomic E-state index is 13.5. The Morgan fingerprint density at radius 3 is 2.39 bits per heavy atom. The lowest BCUT2D eigenvalue weighted by Gasteiger charge is -2.32. The molecule has 3 aliphatic rings. The quantitative estimate of drug-likeness (QED) is 0.637. The number of sulfonamides is 1. The first kappa shape index (κ1) is 22.3. The van der Waals surface area contributed by atoms with Crippen LogP contribution >= 0.6 is 0 Å². The van der Waals surface area contributed by atoms with Gasteiger partial charge in [0.2, 0.25) is 10.0 Å². The van der Waals surface area contributed by atoms with Crippen LogP contribution in [0, 0.1) is 5.82 Å². The summed E-state index contributed by atoms with van der Waals surface area (Å²) in [7, 11) is -3.67. The lowest BCUT2D eigenvalue weighted by Crippen LogP contribution is -2.48. The molecule has 0 N–H and O–H groups in total. The molecule has 10 heteroatoms. The van der Waals surface area contributed by atoms with E-state index in [-0.39, 0.29) is 23.9 Å². The molecule has 5 rings (SSSR count). The number of halogens is 1. The smallest absolute Gasteiger partial charge is 0.292 e. The number of hydrogen-bond donors (Lipinski definition) is 0. The van der Waals surface area contributed by atoms with Crippen molar-refractivity contribution in [3.05, 3.63) is 53.8 Å². The molecule has 2 fully saturated rings. The van der Waals surface area contributed by atoms with Crippen LogP contribution in [0.1, 0.15) is 24.8 Å². The van der Waals surface area contributed by atoms with E-state index in [9.17, 15) is 17.6 Å². The normalized spacial score (nSPS) is 20.4. The molecule has 33 heavy (non-hydrogen) atoms. The highest BCUT2D eigenvalue weighted by Gasteiger charge is 2.55. The summed E-state index contributed by atoms with van der Waals surface area (Å²) >= 11 is 0. The highest BCUT2D eigenvalue weighted by molar-refractivity contribution is 7.89. The Bertz CT molecular complexity index is 1140. The van der Waals surface area contributed by atoms with E-state index >= 15 is 0 Å². The Morgan fingerprint density at radius 2 is 1.70 bits per heavy atom. The van der Waals surface area contributed by atoms with E-state index in [0.29, 0.717) is 49.7 Å². The van der Waals surface area contributed by atoms with Gasteiger partial charge in [0.15, 0.2) is 0 Å². The van der Waals surface area contributed by atoms with Crippen LogP contribution in [0.2, 0.25) is 0 Å². The second kappa shape index (κ2) is 8.68. The number of carbonyl (C=O) groups excluding carboxylic acids is 1. The van der Waals surface area contributed by atoms with E-state index in [4.69, 9.17) is 14.2 Å². The molecule has 1 amide bonds. The van der Waals surface area contributed by atoms with Gasteiger partial charge in [-0.2, -0.15) is 4.31 Å². The Morgan fingerprint density at radius 1 is 1.00 bits per heavy atom. The average molecular weight is 477 g/mol. The second-order valence-electron chi connectivity index (χ2n) is 8.22. The van der Waals surface area contributed by atoms with Gasteiger partial charge in [0.1, 0.15) is 18.2 Å². The molecule has 3 heterocycles. The Hall–Kier alpha value is -2.53. The summed E-state index contributed by atoms with van der Waals surface area (Å²) in [5, 5.41) is 0. The van der Waals surface area contributed by atoms with Gasteiger partial charge >= 0.3 is 0 Å². The molecule has 3 aliphatic heterocycles. The molecule has 0 saturated carbocycles. The fraction of sp³-hybridized carbons (Fsp3) is 0.435. The summed E-state index contributed by atoms with van der Waals surface area (Å²) in [4.78, 5) is 15.1. The van der Waals surface area contributed by atoms with Gasteiger partial charge in [0.25, 0.3) is 11.7 Å². The van der Waals surface area contributed by atoms with Gasteiger partial charge in [-0.3, -0.25) is 4.79 Å². The van der Waals surface area contributed by atoms with Gasteiger partial charge < -0.3 is 19.1 Å². The summed E-state index contributed by atoms with van der Waals surface area (Å²) < 4.78 is 58.2. The summed E-state index contributed by atoms with van der Waals surface area (Å²) in [5.74, 6) is -1.94. The molecule has 0 atom stereocenters. The topological polar surface area (TPSA) is 85.4 Å². The zero-order valence-corrected chi connectivity index (χ0v) is 18.9. The fourth-order valence-electron chi connectivity index (χ4n) is 4.47. The zero-order valence-electron chi connectivity index (χ0n) is 18.0. The maximum Gasteiger partial charge on any atom is 0.292 e. The number of hydrogen-bond acceptors (Lipinski definition) is 6. The van der Waals surface area contributed by atoms with Crippen LogP contribution in [-0.4, -0.2) is 58.1 Å². The zero-order chi connectivity index (χ0) is 23.1. The van der Waals surface area contributed by atoms with Crippen LogP contribution in [0.4, 0.5) is 10.1 Å². The minimum atomic E-state index is -3.67. The minimum absolute atomic E-state index is 0.123. The number of nitrogens with zero attached hydrogens (tertiary/aromatic N) is 2. The Balaban J connectivity index is 1.44. The van der Waals surface area contributed by atoms with E-state index in [0.717, 1.165) is 12.8 Å². The molecule has 0 radical (unpaired) electrons. The van der Waals surface area contributed by atoms with Crippen molar-refractivity contribution >= 4 is 21.6 Å². The molecular weight excluding hydrogens is 451 g/mol. The third-order valence-corrected chi connectivity index (χ3v) is 8.03. The third-order valence-electron chi connectivity index (χ3n) is 6.14.